The Morgan fingerprint density at radius 2 is 1.87 bits per heavy atom. The zero-order valence-electron chi connectivity index (χ0n) is 18.9. The predicted octanol–water partition coefficient (Wildman–Crippen LogP) is 4.61. The van der Waals surface area contributed by atoms with Crippen LogP contribution in [0.3, 0.4) is 0 Å². The van der Waals surface area contributed by atoms with Gasteiger partial charge < -0.3 is 18.9 Å². The van der Waals surface area contributed by atoms with Crippen molar-refractivity contribution in [3.63, 3.8) is 0 Å². The van der Waals surface area contributed by atoms with Crippen LogP contribution < -0.4 is 4.74 Å². The number of hydrogen-bond donors (Lipinski definition) is 0. The number of hydrogen-bond acceptors (Lipinski definition) is 5. The van der Waals surface area contributed by atoms with Gasteiger partial charge in [0.05, 0.1) is 26.4 Å². The molecule has 0 amide bonds. The third-order valence-electron chi connectivity index (χ3n) is 7.06. The van der Waals surface area contributed by atoms with Gasteiger partial charge in [0.25, 0.3) is 0 Å². The van der Waals surface area contributed by atoms with Gasteiger partial charge in [-0.05, 0) is 42.4 Å². The first-order valence-electron chi connectivity index (χ1n) is 11.0. The van der Waals surface area contributed by atoms with Gasteiger partial charge in [-0.15, -0.1) is 0 Å². The minimum Gasteiger partial charge on any atom is -0.497 e. The first-order valence-corrected chi connectivity index (χ1v) is 11.0. The molecular formula is C25H36O5. The van der Waals surface area contributed by atoms with E-state index in [-0.39, 0.29) is 30.1 Å². The molecule has 5 heteroatoms. The van der Waals surface area contributed by atoms with Crippen molar-refractivity contribution in [1.29, 1.82) is 0 Å². The zero-order chi connectivity index (χ0) is 21.7. The minimum atomic E-state index is -0.295. The topological polar surface area (TPSA) is 54.0 Å². The molecule has 0 aromatic heterocycles. The average Bonchev–Trinajstić information content (AvgIpc) is 3.36. The lowest BCUT2D eigenvalue weighted by Crippen LogP contribution is -2.43. The van der Waals surface area contributed by atoms with E-state index < -0.39 is 0 Å². The smallest absolute Gasteiger partial charge is 0.147 e. The zero-order valence-corrected chi connectivity index (χ0v) is 18.9. The Morgan fingerprint density at radius 1 is 1.13 bits per heavy atom. The number of methoxy groups -OCH3 is 2. The Morgan fingerprint density at radius 3 is 2.43 bits per heavy atom. The van der Waals surface area contributed by atoms with Crippen molar-refractivity contribution in [2.24, 2.45) is 23.2 Å². The normalized spacial score (nSPS) is 27.8. The maximum atomic E-state index is 13.7. The number of rotatable bonds is 12. The molecule has 30 heavy (non-hydrogen) atoms. The van der Waals surface area contributed by atoms with Crippen LogP contribution in [0, 0.1) is 23.2 Å². The highest BCUT2D eigenvalue weighted by molar-refractivity contribution is 5.88. The quantitative estimate of drug-likeness (QED) is 0.283. The third kappa shape index (κ3) is 4.79. The highest BCUT2D eigenvalue weighted by Crippen LogP contribution is 2.53. The van der Waals surface area contributed by atoms with Crippen LogP contribution in [0.2, 0.25) is 0 Å². The van der Waals surface area contributed by atoms with Crippen molar-refractivity contribution in [3.05, 3.63) is 42.0 Å². The molecule has 166 valence electrons. The molecule has 6 atom stereocenters. The van der Waals surface area contributed by atoms with Crippen LogP contribution in [0.4, 0.5) is 0 Å². The second-order valence-corrected chi connectivity index (χ2v) is 8.97. The van der Waals surface area contributed by atoms with Crippen molar-refractivity contribution >= 4 is 5.78 Å². The molecule has 5 nitrogen and oxygen atoms in total. The Balaban J connectivity index is 1.75. The summed E-state index contributed by atoms with van der Waals surface area (Å²) >= 11 is 0. The molecule has 2 aliphatic carbocycles. The summed E-state index contributed by atoms with van der Waals surface area (Å²) in [4.78, 5) is 13.7. The standard InChI is InChI=1S/C25H36O5/c1-17(20-7-10-22(28-5)11-8-20)23(30-16-29-13-12-27-4)18(2)24(26)25(3)15-19-6-9-21(25)14-19/h6-11,17-19,21,23H,12-16H2,1-5H3/t17-,18-,19+,21-,23+,25-/m0/s1. The second-order valence-electron chi connectivity index (χ2n) is 8.97. The van der Waals surface area contributed by atoms with E-state index in [2.05, 4.69) is 26.0 Å². The number of ether oxygens (including phenoxy) is 4. The lowest BCUT2D eigenvalue weighted by atomic mass is 9.68. The fourth-order valence-electron chi connectivity index (χ4n) is 5.19. The van der Waals surface area contributed by atoms with E-state index >= 15 is 0 Å². The van der Waals surface area contributed by atoms with Gasteiger partial charge >= 0.3 is 0 Å². The van der Waals surface area contributed by atoms with E-state index in [4.69, 9.17) is 18.9 Å². The van der Waals surface area contributed by atoms with Gasteiger partial charge in [0, 0.05) is 24.4 Å². The fraction of sp³-hybridized carbons (Fsp3) is 0.640. The number of carbonyl (C=O) groups is 1. The number of benzene rings is 1. The largest absolute Gasteiger partial charge is 0.497 e. The van der Waals surface area contributed by atoms with E-state index in [0.29, 0.717) is 30.8 Å². The number of ketones is 1. The van der Waals surface area contributed by atoms with Crippen LogP contribution >= 0.6 is 0 Å². The first-order chi connectivity index (χ1) is 14.4. The minimum absolute atomic E-state index is 0.0404. The van der Waals surface area contributed by atoms with Gasteiger partial charge in [-0.3, -0.25) is 4.79 Å². The SMILES string of the molecule is COCCOCO[C@@H]([C@H](C)C(=O)[C@@]1(C)C[C@@H]2C=C[C@H]1C2)[C@@H](C)c1ccc(OC)cc1. The maximum absolute atomic E-state index is 13.7. The van der Waals surface area contributed by atoms with E-state index in [9.17, 15) is 4.79 Å². The van der Waals surface area contributed by atoms with Crippen LogP contribution in [0.5, 0.6) is 5.75 Å². The van der Waals surface area contributed by atoms with Crippen LogP contribution in [0.15, 0.2) is 36.4 Å². The summed E-state index contributed by atoms with van der Waals surface area (Å²) in [6.07, 6.45) is 6.31. The molecular weight excluding hydrogens is 380 g/mol. The number of allylic oxidation sites excluding steroid dienone is 2. The first kappa shape index (κ1) is 23.0. The summed E-state index contributed by atoms with van der Waals surface area (Å²) in [7, 11) is 3.30. The molecule has 2 aliphatic rings. The van der Waals surface area contributed by atoms with E-state index in [0.717, 1.165) is 24.2 Å². The lowest BCUT2D eigenvalue weighted by Gasteiger charge is -2.37. The van der Waals surface area contributed by atoms with E-state index in [1.807, 2.05) is 31.2 Å². The van der Waals surface area contributed by atoms with Gasteiger partial charge in [0.15, 0.2) is 0 Å². The van der Waals surface area contributed by atoms with Crippen molar-refractivity contribution in [2.45, 2.75) is 45.6 Å². The molecule has 1 fully saturated rings. The molecule has 1 aromatic rings. The fourth-order valence-corrected chi connectivity index (χ4v) is 5.19. The summed E-state index contributed by atoms with van der Waals surface area (Å²) in [5, 5.41) is 0. The predicted molar refractivity (Wildman–Crippen MR) is 117 cm³/mol. The molecule has 0 N–H and O–H groups in total. The van der Waals surface area contributed by atoms with Crippen molar-refractivity contribution < 1.29 is 23.7 Å². The van der Waals surface area contributed by atoms with Crippen molar-refractivity contribution in [3.8, 4) is 5.75 Å². The maximum Gasteiger partial charge on any atom is 0.147 e. The molecule has 1 aromatic carbocycles. The van der Waals surface area contributed by atoms with Crippen LogP contribution in [-0.2, 0) is 19.0 Å². The summed E-state index contributed by atoms with van der Waals surface area (Å²) in [6.45, 7) is 7.41. The average molecular weight is 417 g/mol. The molecule has 0 heterocycles. The summed E-state index contributed by atoms with van der Waals surface area (Å²) < 4.78 is 22.1. The van der Waals surface area contributed by atoms with Crippen molar-refractivity contribution in [2.75, 3.05) is 34.2 Å². The van der Waals surface area contributed by atoms with Gasteiger partial charge in [0.1, 0.15) is 18.3 Å². The highest BCUT2D eigenvalue weighted by Gasteiger charge is 2.52. The van der Waals surface area contributed by atoms with Crippen LogP contribution in [0.1, 0.15) is 45.1 Å². The summed E-state index contributed by atoms with van der Waals surface area (Å²) in [5.74, 6) is 1.84. The lowest BCUT2D eigenvalue weighted by molar-refractivity contribution is -0.149. The molecule has 2 bridgehead atoms. The van der Waals surface area contributed by atoms with E-state index in [1.165, 1.54) is 0 Å². The Bertz CT molecular complexity index is 728. The van der Waals surface area contributed by atoms with Crippen LogP contribution in [0.25, 0.3) is 0 Å². The molecule has 0 spiro atoms. The third-order valence-corrected chi connectivity index (χ3v) is 7.06. The second kappa shape index (κ2) is 10.1. The monoisotopic (exact) mass is 416 g/mol. The molecule has 0 unspecified atom stereocenters. The number of Topliss-reactive ketones (excluding diaryl/α,β-unsaturated/α-hetero) is 1. The van der Waals surface area contributed by atoms with Gasteiger partial charge in [-0.2, -0.15) is 0 Å². The molecule has 0 saturated heterocycles. The Kier molecular flexibility index (Phi) is 7.72. The Labute approximate surface area is 180 Å². The highest BCUT2D eigenvalue weighted by atomic mass is 16.7. The number of carbonyl (C=O) groups excluding carboxylic acids is 1. The summed E-state index contributed by atoms with van der Waals surface area (Å²) in [5.41, 5.74) is 0.826. The molecule has 0 radical (unpaired) electrons. The van der Waals surface area contributed by atoms with Gasteiger partial charge in [-0.25, -0.2) is 0 Å². The summed E-state index contributed by atoms with van der Waals surface area (Å²) in [6, 6.07) is 7.99. The van der Waals surface area contributed by atoms with Gasteiger partial charge in [-0.1, -0.05) is 45.1 Å². The molecule has 3 rings (SSSR count). The molecule has 0 aliphatic heterocycles. The Hall–Kier alpha value is -1.69. The van der Waals surface area contributed by atoms with E-state index in [1.54, 1.807) is 14.2 Å². The van der Waals surface area contributed by atoms with Gasteiger partial charge in [0.2, 0.25) is 0 Å². The number of fused-ring (bicyclic) bond motifs is 2. The molecule has 1 saturated carbocycles. The van der Waals surface area contributed by atoms with Crippen molar-refractivity contribution in [1.82, 2.24) is 0 Å². The van der Waals surface area contributed by atoms with Crippen LogP contribution in [-0.4, -0.2) is 46.1 Å².